The normalized spacial score (nSPS) is 10.2. The van der Waals surface area contributed by atoms with Crippen LogP contribution in [0.15, 0.2) is 23.4 Å². The zero-order valence-corrected chi connectivity index (χ0v) is 6.56. The highest BCUT2D eigenvalue weighted by atomic mass is 32.1. The first-order chi connectivity index (χ1) is 5.29. The van der Waals surface area contributed by atoms with Crippen LogP contribution < -0.4 is 11.2 Å². The Kier molecular flexibility index (Phi) is 2.62. The molecule has 1 heterocycles. The van der Waals surface area contributed by atoms with Crippen molar-refractivity contribution in [3.63, 3.8) is 0 Å². The van der Waals surface area contributed by atoms with Gasteiger partial charge in [0.1, 0.15) is 0 Å². The molecule has 0 saturated carbocycles. The summed E-state index contributed by atoms with van der Waals surface area (Å²) in [6.45, 7) is 0. The molecule has 1 rings (SSSR count). The molecule has 58 valence electrons. The predicted octanol–water partition coefficient (Wildman–Crippen LogP) is 0.182. The van der Waals surface area contributed by atoms with Crippen molar-refractivity contribution < 1.29 is 0 Å². The van der Waals surface area contributed by atoms with Crippen LogP contribution in [0.25, 0.3) is 0 Å². The van der Waals surface area contributed by atoms with Gasteiger partial charge in [0.2, 0.25) is 0 Å². The largest absolute Gasteiger partial charge is 0.375 e. The van der Waals surface area contributed by atoms with E-state index in [0.29, 0.717) is 0 Å². The molecule has 1 aromatic rings. The van der Waals surface area contributed by atoms with Crippen molar-refractivity contribution in [3.05, 3.63) is 24.0 Å². The van der Waals surface area contributed by atoms with E-state index >= 15 is 0 Å². The van der Waals surface area contributed by atoms with E-state index in [0.717, 1.165) is 5.69 Å². The summed E-state index contributed by atoms with van der Waals surface area (Å²) < 4.78 is 0. The fraction of sp³-hybridized carbons (Fsp3) is 0. The minimum atomic E-state index is 0.160. The first-order valence-electron chi connectivity index (χ1n) is 3.01. The molecule has 4 N–H and O–H groups in total. The minimum Gasteiger partial charge on any atom is -0.375 e. The van der Waals surface area contributed by atoms with E-state index in [4.69, 9.17) is 5.73 Å². The lowest BCUT2D eigenvalue weighted by molar-refractivity contribution is 1.04. The van der Waals surface area contributed by atoms with E-state index in [-0.39, 0.29) is 5.11 Å². The second-order valence-corrected chi connectivity index (χ2v) is 2.30. The Morgan fingerprint density at radius 3 is 3.18 bits per heavy atom. The maximum Gasteiger partial charge on any atom is 0.184 e. The highest BCUT2D eigenvalue weighted by Gasteiger charge is 1.83. The quantitative estimate of drug-likeness (QED) is 0.335. The molecule has 4 nitrogen and oxygen atoms in total. The van der Waals surface area contributed by atoms with Crippen LogP contribution >= 0.6 is 12.2 Å². The molecule has 0 amide bonds. The Morgan fingerprint density at radius 2 is 2.64 bits per heavy atom. The van der Waals surface area contributed by atoms with Gasteiger partial charge in [0.15, 0.2) is 5.11 Å². The number of hydrogen-bond donors (Lipinski definition) is 3. The number of H-pyrrole nitrogens is 1. The van der Waals surface area contributed by atoms with Gasteiger partial charge in [-0.1, -0.05) is 0 Å². The maximum atomic E-state index is 5.13. The van der Waals surface area contributed by atoms with Crippen molar-refractivity contribution in [3.8, 4) is 0 Å². The van der Waals surface area contributed by atoms with E-state index in [1.807, 2.05) is 18.3 Å². The van der Waals surface area contributed by atoms with E-state index in [1.165, 1.54) is 0 Å². The number of aromatic amines is 1. The van der Waals surface area contributed by atoms with Crippen molar-refractivity contribution in [2.45, 2.75) is 0 Å². The fourth-order valence-electron chi connectivity index (χ4n) is 0.590. The van der Waals surface area contributed by atoms with Gasteiger partial charge < -0.3 is 10.7 Å². The molecular formula is C6H8N4S. The van der Waals surface area contributed by atoms with Gasteiger partial charge in [0.05, 0.1) is 11.9 Å². The van der Waals surface area contributed by atoms with Crippen LogP contribution in [0.2, 0.25) is 0 Å². The van der Waals surface area contributed by atoms with Crippen LogP contribution in [0.1, 0.15) is 5.69 Å². The van der Waals surface area contributed by atoms with Gasteiger partial charge in [0, 0.05) is 6.20 Å². The van der Waals surface area contributed by atoms with E-state index in [1.54, 1.807) is 6.21 Å². The summed E-state index contributed by atoms with van der Waals surface area (Å²) in [5.41, 5.74) is 8.47. The van der Waals surface area contributed by atoms with Gasteiger partial charge in [-0.15, -0.1) is 0 Å². The molecule has 1 aromatic heterocycles. The summed E-state index contributed by atoms with van der Waals surface area (Å²) >= 11 is 4.53. The number of hydrogen-bond acceptors (Lipinski definition) is 2. The van der Waals surface area contributed by atoms with Gasteiger partial charge in [-0.25, -0.2) is 0 Å². The van der Waals surface area contributed by atoms with Gasteiger partial charge in [-0.05, 0) is 24.4 Å². The van der Waals surface area contributed by atoms with Crippen molar-refractivity contribution in [1.82, 2.24) is 10.4 Å². The molecule has 0 fully saturated rings. The summed E-state index contributed by atoms with van der Waals surface area (Å²) in [5.74, 6) is 0. The Labute approximate surface area is 69.5 Å². The number of nitrogens with zero attached hydrogens (tertiary/aromatic N) is 1. The summed E-state index contributed by atoms with van der Waals surface area (Å²) in [5, 5.41) is 3.90. The Hall–Kier alpha value is -1.36. The highest BCUT2D eigenvalue weighted by molar-refractivity contribution is 7.80. The number of hydrazone groups is 1. The first-order valence-corrected chi connectivity index (χ1v) is 3.42. The van der Waals surface area contributed by atoms with Crippen molar-refractivity contribution >= 4 is 23.5 Å². The molecule has 11 heavy (non-hydrogen) atoms. The molecule has 0 aromatic carbocycles. The van der Waals surface area contributed by atoms with Crippen LogP contribution in [0.3, 0.4) is 0 Å². The van der Waals surface area contributed by atoms with Crippen molar-refractivity contribution in [2.75, 3.05) is 0 Å². The average Bonchev–Trinajstić information content (AvgIpc) is 2.39. The lowest BCUT2D eigenvalue weighted by atomic mass is 10.5. The smallest absolute Gasteiger partial charge is 0.184 e. The van der Waals surface area contributed by atoms with Crippen molar-refractivity contribution in [2.24, 2.45) is 10.8 Å². The highest BCUT2D eigenvalue weighted by Crippen LogP contribution is 1.87. The van der Waals surface area contributed by atoms with E-state index in [2.05, 4.69) is 27.7 Å². The summed E-state index contributed by atoms with van der Waals surface area (Å²) in [6, 6.07) is 3.76. The Morgan fingerprint density at radius 1 is 1.82 bits per heavy atom. The van der Waals surface area contributed by atoms with Gasteiger partial charge in [0.25, 0.3) is 0 Å². The molecule has 0 aliphatic rings. The zero-order chi connectivity index (χ0) is 8.10. The van der Waals surface area contributed by atoms with Crippen LogP contribution in [-0.2, 0) is 0 Å². The Bertz CT molecular complexity index is 252. The van der Waals surface area contributed by atoms with Crippen LogP contribution in [-0.4, -0.2) is 16.3 Å². The molecule has 0 atom stereocenters. The SMILES string of the molecule is NC(=S)N/N=C/c1ccc[nH]1. The molecule has 0 aliphatic heterocycles. The summed E-state index contributed by atoms with van der Waals surface area (Å²) in [7, 11) is 0. The summed E-state index contributed by atoms with van der Waals surface area (Å²) in [4.78, 5) is 2.94. The third-order valence-electron chi connectivity index (χ3n) is 1.00. The monoisotopic (exact) mass is 168 g/mol. The third kappa shape index (κ3) is 2.81. The molecule has 0 saturated heterocycles. The standard InChI is InChI=1S/C6H8N4S/c7-6(11)10-9-4-5-2-1-3-8-5/h1-4,8H,(H3,7,10,11)/b9-4+. The topological polar surface area (TPSA) is 66.2 Å². The molecule has 0 unspecified atom stereocenters. The molecule has 0 aliphatic carbocycles. The maximum absolute atomic E-state index is 5.13. The molecule has 0 bridgehead atoms. The minimum absolute atomic E-state index is 0.160. The van der Waals surface area contributed by atoms with Crippen LogP contribution in [0, 0.1) is 0 Å². The lowest BCUT2D eigenvalue weighted by Crippen LogP contribution is -2.23. The molecular weight excluding hydrogens is 160 g/mol. The van der Waals surface area contributed by atoms with Gasteiger partial charge in [-0.2, -0.15) is 5.10 Å². The number of aromatic nitrogens is 1. The molecule has 0 radical (unpaired) electrons. The van der Waals surface area contributed by atoms with E-state index in [9.17, 15) is 0 Å². The number of thiocarbonyl (C=S) groups is 1. The fourth-order valence-corrected chi connectivity index (χ4v) is 0.643. The third-order valence-corrected chi connectivity index (χ3v) is 1.09. The molecule has 5 heteroatoms. The second-order valence-electron chi connectivity index (χ2n) is 1.86. The molecule has 0 spiro atoms. The van der Waals surface area contributed by atoms with Crippen LogP contribution in [0.4, 0.5) is 0 Å². The Balaban J connectivity index is 2.43. The van der Waals surface area contributed by atoms with Crippen LogP contribution in [0.5, 0.6) is 0 Å². The van der Waals surface area contributed by atoms with Crippen molar-refractivity contribution in [1.29, 1.82) is 0 Å². The lowest BCUT2D eigenvalue weighted by Gasteiger charge is -1.91. The first kappa shape index (κ1) is 7.74. The average molecular weight is 168 g/mol. The summed E-state index contributed by atoms with van der Waals surface area (Å²) in [6.07, 6.45) is 3.40. The zero-order valence-electron chi connectivity index (χ0n) is 5.74. The number of nitrogens with two attached hydrogens (primary N) is 1. The predicted molar refractivity (Wildman–Crippen MR) is 48.3 cm³/mol. The second kappa shape index (κ2) is 3.72. The van der Waals surface area contributed by atoms with Gasteiger partial charge in [-0.3, -0.25) is 5.43 Å². The van der Waals surface area contributed by atoms with E-state index < -0.39 is 0 Å². The van der Waals surface area contributed by atoms with Gasteiger partial charge >= 0.3 is 0 Å². The number of nitrogens with one attached hydrogen (secondary N) is 2. The number of rotatable bonds is 2.